The molecule has 3 saturated carbocycles. The highest BCUT2D eigenvalue weighted by atomic mass is 16.5. The lowest BCUT2D eigenvalue weighted by atomic mass is 9.46. The molecule has 210 valence electrons. The van der Waals surface area contributed by atoms with E-state index in [9.17, 15) is 29.1 Å². The Kier molecular flexibility index (Phi) is 7.16. The highest BCUT2D eigenvalue weighted by Crippen LogP contribution is 2.66. The van der Waals surface area contributed by atoms with Crippen LogP contribution in [0.3, 0.4) is 0 Å². The molecule has 1 heterocycles. The summed E-state index contributed by atoms with van der Waals surface area (Å²) in [4.78, 5) is 63.3. The quantitative estimate of drug-likeness (QED) is 0.480. The molecule has 0 aromatic carbocycles. The van der Waals surface area contributed by atoms with Crippen molar-refractivity contribution in [3.8, 4) is 0 Å². The first-order valence-electron chi connectivity index (χ1n) is 13.9. The van der Waals surface area contributed by atoms with Crippen LogP contribution < -0.4 is 5.32 Å². The van der Waals surface area contributed by atoms with Crippen LogP contribution in [0.5, 0.6) is 0 Å². The molecular weight excluding hydrogens is 502 g/mol. The molecule has 1 amide bonds. The van der Waals surface area contributed by atoms with Crippen molar-refractivity contribution in [3.05, 3.63) is 35.8 Å². The maximum absolute atomic E-state index is 13.7. The normalized spacial score (nSPS) is 35.4. The van der Waals surface area contributed by atoms with Crippen LogP contribution in [0.4, 0.5) is 0 Å². The third-order valence-corrected chi connectivity index (χ3v) is 10.2. The van der Waals surface area contributed by atoms with Crippen molar-refractivity contribution in [1.82, 2.24) is 5.32 Å². The maximum atomic E-state index is 13.7. The Morgan fingerprint density at radius 3 is 2.67 bits per heavy atom. The van der Waals surface area contributed by atoms with Crippen molar-refractivity contribution in [2.75, 3.05) is 6.61 Å². The lowest BCUT2D eigenvalue weighted by Gasteiger charge is -2.57. The molecule has 39 heavy (non-hydrogen) atoms. The average Bonchev–Trinajstić information content (AvgIpc) is 3.51. The van der Waals surface area contributed by atoms with Gasteiger partial charge >= 0.3 is 5.97 Å². The van der Waals surface area contributed by atoms with Crippen molar-refractivity contribution in [1.29, 1.82) is 0 Å². The van der Waals surface area contributed by atoms with Gasteiger partial charge in [-0.15, -0.1) is 0 Å². The molecule has 0 aliphatic heterocycles. The van der Waals surface area contributed by atoms with E-state index in [2.05, 4.69) is 12.2 Å². The summed E-state index contributed by atoms with van der Waals surface area (Å²) in [6.45, 7) is 3.55. The monoisotopic (exact) mass is 539 g/mol. The number of fused-ring (bicyclic) bond motifs is 5. The molecule has 0 spiro atoms. The van der Waals surface area contributed by atoms with Crippen LogP contribution in [-0.2, 0) is 35.3 Å². The SMILES string of the molecule is C[C@]12CC(=O)[C@@H]3[C@H](CCC4=CC(=O)CC[C@]43C)[C@@H]1CC[C@@]2(O)C(=O)COC(=O)CCC(=O)NCc1ccco1. The topological polar surface area (TPSA) is 140 Å². The van der Waals surface area contributed by atoms with E-state index < -0.39 is 29.4 Å². The molecule has 2 N–H and O–H groups in total. The van der Waals surface area contributed by atoms with E-state index in [0.717, 1.165) is 18.4 Å². The molecule has 6 atom stereocenters. The minimum atomic E-state index is -1.77. The fourth-order valence-electron chi connectivity index (χ4n) is 8.09. The fourth-order valence-corrected chi connectivity index (χ4v) is 8.09. The Hall–Kier alpha value is -3.07. The zero-order valence-corrected chi connectivity index (χ0v) is 22.6. The average molecular weight is 540 g/mol. The first-order chi connectivity index (χ1) is 18.5. The summed E-state index contributed by atoms with van der Waals surface area (Å²) in [6.07, 6.45) is 6.47. The Balaban J connectivity index is 1.19. The van der Waals surface area contributed by atoms with Crippen LogP contribution >= 0.6 is 0 Å². The number of rotatable bonds is 8. The van der Waals surface area contributed by atoms with Gasteiger partial charge in [0.15, 0.2) is 12.4 Å². The Morgan fingerprint density at radius 2 is 1.92 bits per heavy atom. The van der Waals surface area contributed by atoms with E-state index in [1.165, 1.54) is 6.26 Å². The number of aliphatic hydroxyl groups is 1. The molecule has 0 saturated heterocycles. The van der Waals surface area contributed by atoms with Gasteiger partial charge in [-0.3, -0.25) is 24.0 Å². The standard InChI is InChI=1S/C30H37NO8/c1-28-11-9-19(32)14-18(28)5-6-21-22-10-12-30(37,29(22,2)15-23(33)27(21)28)24(34)17-39-26(36)8-7-25(35)31-16-20-4-3-13-38-20/h3-4,13-14,21-22,27,37H,5-12,15-17H2,1-2H3,(H,31,35)/t21-,22+,27+,28-,29+,30-/m1/s1. The molecule has 9 nitrogen and oxygen atoms in total. The van der Waals surface area contributed by atoms with Gasteiger partial charge in [0.25, 0.3) is 0 Å². The number of ketones is 3. The van der Waals surface area contributed by atoms with Crippen molar-refractivity contribution < 1.29 is 38.2 Å². The highest BCUT2D eigenvalue weighted by Gasteiger charge is 2.68. The van der Waals surface area contributed by atoms with E-state index in [1.807, 2.05) is 6.92 Å². The van der Waals surface area contributed by atoms with Crippen LogP contribution in [0.2, 0.25) is 0 Å². The Bertz CT molecular complexity index is 1220. The minimum Gasteiger partial charge on any atom is -0.467 e. The number of furan rings is 1. The van der Waals surface area contributed by atoms with Gasteiger partial charge in [0, 0.05) is 30.6 Å². The number of hydrogen-bond donors (Lipinski definition) is 2. The first kappa shape index (κ1) is 27.5. The van der Waals surface area contributed by atoms with Gasteiger partial charge in [-0.25, -0.2) is 0 Å². The molecular formula is C30H37NO8. The number of ether oxygens (including phenoxy) is 1. The van der Waals surface area contributed by atoms with E-state index >= 15 is 0 Å². The number of amides is 1. The molecule has 4 aliphatic carbocycles. The van der Waals surface area contributed by atoms with Crippen molar-refractivity contribution in [3.63, 3.8) is 0 Å². The predicted octanol–water partition coefficient (Wildman–Crippen LogP) is 3.23. The lowest BCUT2D eigenvalue weighted by Crippen LogP contribution is -2.61. The second-order valence-corrected chi connectivity index (χ2v) is 12.2. The summed E-state index contributed by atoms with van der Waals surface area (Å²) in [5, 5.41) is 14.4. The van der Waals surface area contributed by atoms with Crippen LogP contribution in [0.15, 0.2) is 34.5 Å². The molecule has 9 heteroatoms. The molecule has 3 fully saturated rings. The number of Topliss-reactive ketones (excluding diaryl/α,β-unsaturated/α-hetero) is 2. The molecule has 0 bridgehead atoms. The molecule has 4 aliphatic rings. The second-order valence-electron chi connectivity index (χ2n) is 12.2. The Labute approximate surface area is 227 Å². The van der Waals surface area contributed by atoms with Gasteiger partial charge in [-0.2, -0.15) is 0 Å². The van der Waals surface area contributed by atoms with Crippen LogP contribution in [0.25, 0.3) is 0 Å². The van der Waals surface area contributed by atoms with Crippen molar-refractivity contribution >= 4 is 29.2 Å². The van der Waals surface area contributed by atoms with Gasteiger partial charge in [-0.1, -0.05) is 19.4 Å². The number of carbonyl (C=O) groups is 5. The van der Waals surface area contributed by atoms with Crippen LogP contribution in [-0.4, -0.2) is 46.5 Å². The molecule has 1 aromatic heterocycles. The first-order valence-corrected chi connectivity index (χ1v) is 13.9. The summed E-state index contributed by atoms with van der Waals surface area (Å²) in [5.74, 6) is -1.07. The number of esters is 1. The summed E-state index contributed by atoms with van der Waals surface area (Å²) >= 11 is 0. The predicted molar refractivity (Wildman–Crippen MR) is 138 cm³/mol. The summed E-state index contributed by atoms with van der Waals surface area (Å²) in [5.41, 5.74) is -1.98. The number of carbonyl (C=O) groups excluding carboxylic acids is 5. The molecule has 0 radical (unpaired) electrons. The highest BCUT2D eigenvalue weighted by molar-refractivity contribution is 5.95. The van der Waals surface area contributed by atoms with E-state index in [1.54, 1.807) is 18.2 Å². The number of hydrogen-bond acceptors (Lipinski definition) is 8. The fraction of sp³-hybridized carbons (Fsp3) is 0.633. The second kappa shape index (κ2) is 10.2. The van der Waals surface area contributed by atoms with Crippen LogP contribution in [0, 0.1) is 28.6 Å². The summed E-state index contributed by atoms with van der Waals surface area (Å²) in [7, 11) is 0. The molecule has 5 rings (SSSR count). The zero-order valence-electron chi connectivity index (χ0n) is 22.6. The van der Waals surface area contributed by atoms with Gasteiger partial charge in [0.05, 0.1) is 19.2 Å². The minimum absolute atomic E-state index is 0.0151. The smallest absolute Gasteiger partial charge is 0.306 e. The third-order valence-electron chi connectivity index (χ3n) is 10.2. The number of nitrogens with one attached hydrogen (secondary N) is 1. The molecule has 0 unspecified atom stereocenters. The summed E-state index contributed by atoms with van der Waals surface area (Å²) in [6, 6.07) is 3.43. The summed E-state index contributed by atoms with van der Waals surface area (Å²) < 4.78 is 10.3. The maximum Gasteiger partial charge on any atom is 0.306 e. The van der Waals surface area contributed by atoms with Crippen molar-refractivity contribution in [2.24, 2.45) is 28.6 Å². The third kappa shape index (κ3) is 4.68. The van der Waals surface area contributed by atoms with E-state index in [4.69, 9.17) is 9.15 Å². The molecule has 1 aromatic rings. The van der Waals surface area contributed by atoms with Gasteiger partial charge in [0.2, 0.25) is 11.7 Å². The van der Waals surface area contributed by atoms with Crippen molar-refractivity contribution in [2.45, 2.75) is 83.8 Å². The van der Waals surface area contributed by atoms with E-state index in [-0.39, 0.29) is 72.9 Å². The zero-order chi connectivity index (χ0) is 28.0. The van der Waals surface area contributed by atoms with Gasteiger partial charge in [0.1, 0.15) is 17.1 Å². The largest absolute Gasteiger partial charge is 0.467 e. The Morgan fingerprint density at radius 1 is 1.13 bits per heavy atom. The van der Waals surface area contributed by atoms with E-state index in [0.29, 0.717) is 25.0 Å². The van der Waals surface area contributed by atoms with Gasteiger partial charge in [-0.05, 0) is 67.6 Å². The van der Waals surface area contributed by atoms with Gasteiger partial charge < -0.3 is 19.6 Å². The van der Waals surface area contributed by atoms with Crippen LogP contribution in [0.1, 0.15) is 77.4 Å². The number of allylic oxidation sites excluding steroid dienone is 1. The lowest BCUT2D eigenvalue weighted by molar-refractivity contribution is -0.173.